The average molecular weight is 238 g/mol. The van der Waals surface area contributed by atoms with Crippen molar-refractivity contribution in [3.05, 3.63) is 11.9 Å². The van der Waals surface area contributed by atoms with Crippen molar-refractivity contribution in [1.29, 1.82) is 0 Å². The smallest absolute Gasteiger partial charge is 0.135 e. The second-order valence-corrected chi connectivity index (χ2v) is 4.37. The van der Waals surface area contributed by atoms with Gasteiger partial charge in [0.15, 0.2) is 0 Å². The van der Waals surface area contributed by atoms with Gasteiger partial charge in [0.05, 0.1) is 6.61 Å². The van der Waals surface area contributed by atoms with E-state index in [0.29, 0.717) is 12.4 Å². The van der Waals surface area contributed by atoms with Crippen molar-refractivity contribution < 1.29 is 5.11 Å². The summed E-state index contributed by atoms with van der Waals surface area (Å²) >= 11 is 0. The Morgan fingerprint density at radius 3 is 2.59 bits per heavy atom. The summed E-state index contributed by atoms with van der Waals surface area (Å²) in [6, 6.07) is 1.76. The Labute approximate surface area is 103 Å². The number of nitrogens with zero attached hydrogens (tertiary/aromatic N) is 3. The molecule has 1 aromatic rings. The number of nitrogens with two attached hydrogens (primary N) is 1. The zero-order valence-electron chi connectivity index (χ0n) is 10.8. The van der Waals surface area contributed by atoms with Crippen LogP contribution in [-0.2, 0) is 0 Å². The first-order valence-corrected chi connectivity index (χ1v) is 6.08. The predicted molar refractivity (Wildman–Crippen MR) is 70.1 cm³/mol. The molecular weight excluding hydrogens is 216 g/mol. The topological polar surface area (TPSA) is 75.3 Å². The monoisotopic (exact) mass is 238 g/mol. The van der Waals surface area contributed by atoms with Gasteiger partial charge in [0.2, 0.25) is 0 Å². The van der Waals surface area contributed by atoms with Crippen LogP contribution in [0.5, 0.6) is 0 Å². The maximum Gasteiger partial charge on any atom is 0.135 e. The van der Waals surface area contributed by atoms with Crippen molar-refractivity contribution in [2.45, 2.75) is 33.1 Å². The van der Waals surface area contributed by atoms with Crippen molar-refractivity contribution in [3.8, 4) is 0 Å². The van der Waals surface area contributed by atoms with Crippen molar-refractivity contribution in [2.75, 3.05) is 30.3 Å². The van der Waals surface area contributed by atoms with Gasteiger partial charge >= 0.3 is 0 Å². The zero-order chi connectivity index (χ0) is 12.8. The second-order valence-electron chi connectivity index (χ2n) is 4.37. The molecule has 1 rings (SSSR count). The molecule has 1 heterocycles. The van der Waals surface area contributed by atoms with Gasteiger partial charge in [-0.15, -0.1) is 0 Å². The molecule has 1 aromatic heterocycles. The molecule has 0 aliphatic carbocycles. The Bertz CT molecular complexity index is 348. The number of nitrogen functional groups attached to an aromatic ring is 1. The van der Waals surface area contributed by atoms with Gasteiger partial charge in [0, 0.05) is 25.1 Å². The van der Waals surface area contributed by atoms with E-state index in [0.717, 1.165) is 24.6 Å². The molecule has 17 heavy (non-hydrogen) atoms. The molecule has 0 aromatic carbocycles. The van der Waals surface area contributed by atoms with Crippen LogP contribution >= 0.6 is 0 Å². The summed E-state index contributed by atoms with van der Waals surface area (Å²) in [5.74, 6) is 2.28. The van der Waals surface area contributed by atoms with Crippen molar-refractivity contribution in [3.63, 3.8) is 0 Å². The van der Waals surface area contributed by atoms with E-state index in [2.05, 4.69) is 16.9 Å². The highest BCUT2D eigenvalue weighted by molar-refractivity contribution is 5.47. The van der Waals surface area contributed by atoms with Crippen molar-refractivity contribution >= 4 is 11.6 Å². The number of hydrogen-bond acceptors (Lipinski definition) is 5. The van der Waals surface area contributed by atoms with Gasteiger partial charge < -0.3 is 15.7 Å². The minimum atomic E-state index is 0.112. The molecule has 5 nitrogen and oxygen atoms in total. The Kier molecular flexibility index (Phi) is 5.15. The van der Waals surface area contributed by atoms with Gasteiger partial charge in [-0.3, -0.25) is 0 Å². The van der Waals surface area contributed by atoms with E-state index in [4.69, 9.17) is 10.8 Å². The van der Waals surface area contributed by atoms with Crippen molar-refractivity contribution in [2.24, 2.45) is 0 Å². The molecule has 0 bridgehead atoms. The van der Waals surface area contributed by atoms with E-state index in [9.17, 15) is 0 Å². The van der Waals surface area contributed by atoms with E-state index < -0.39 is 0 Å². The molecule has 3 N–H and O–H groups in total. The predicted octanol–water partition coefficient (Wildman–Crippen LogP) is 1.39. The van der Waals surface area contributed by atoms with E-state index in [1.807, 2.05) is 18.7 Å². The third-order valence-electron chi connectivity index (χ3n) is 2.45. The maximum atomic E-state index is 9.06. The molecule has 0 fully saturated rings. The lowest BCUT2D eigenvalue weighted by Gasteiger charge is -2.23. The van der Waals surface area contributed by atoms with Gasteiger partial charge in [-0.05, 0) is 6.42 Å². The van der Waals surface area contributed by atoms with Crippen LogP contribution in [0.2, 0.25) is 0 Å². The summed E-state index contributed by atoms with van der Waals surface area (Å²) in [4.78, 5) is 10.7. The van der Waals surface area contributed by atoms with Gasteiger partial charge in [0.1, 0.15) is 17.5 Å². The summed E-state index contributed by atoms with van der Waals surface area (Å²) in [5, 5.41) is 9.06. The van der Waals surface area contributed by atoms with Crippen molar-refractivity contribution in [1.82, 2.24) is 9.97 Å². The van der Waals surface area contributed by atoms with Gasteiger partial charge in [-0.2, -0.15) is 0 Å². The van der Waals surface area contributed by atoms with Gasteiger partial charge in [0.25, 0.3) is 0 Å². The Hall–Kier alpha value is -1.36. The number of aliphatic hydroxyl groups excluding tert-OH is 1. The van der Waals surface area contributed by atoms with E-state index >= 15 is 0 Å². The summed E-state index contributed by atoms with van der Waals surface area (Å²) in [6.45, 7) is 7.71. The molecule has 0 spiro atoms. The summed E-state index contributed by atoms with van der Waals surface area (Å²) in [6.07, 6.45) is 1.00. The van der Waals surface area contributed by atoms with Gasteiger partial charge in [-0.1, -0.05) is 20.8 Å². The molecule has 0 aliphatic rings. The first-order valence-electron chi connectivity index (χ1n) is 6.08. The molecule has 0 aliphatic heterocycles. The second kappa shape index (κ2) is 6.39. The standard InChI is InChI=1S/C12H22N4O/c1-4-5-16(6-7-17)11-8-10(13)14-12(15-11)9(2)3/h8-9,17H,4-7H2,1-3H3,(H2,13,14,15). The summed E-state index contributed by atoms with van der Waals surface area (Å²) in [7, 11) is 0. The van der Waals surface area contributed by atoms with Crippen LogP contribution in [0.4, 0.5) is 11.6 Å². The van der Waals surface area contributed by atoms with Crippen LogP contribution < -0.4 is 10.6 Å². The average Bonchev–Trinajstić information content (AvgIpc) is 2.28. The van der Waals surface area contributed by atoms with Crippen LogP contribution in [0, 0.1) is 0 Å². The first-order chi connectivity index (χ1) is 8.08. The third kappa shape index (κ3) is 3.85. The first kappa shape index (κ1) is 13.7. The van der Waals surface area contributed by atoms with E-state index in [1.165, 1.54) is 0 Å². The number of rotatable bonds is 6. The Morgan fingerprint density at radius 1 is 1.35 bits per heavy atom. The van der Waals surface area contributed by atoms with Crippen LogP contribution in [0.1, 0.15) is 38.9 Å². The molecule has 0 atom stereocenters. The molecule has 0 saturated carbocycles. The molecule has 96 valence electrons. The molecule has 0 amide bonds. The lowest BCUT2D eigenvalue weighted by Crippen LogP contribution is -2.29. The number of aliphatic hydroxyl groups is 1. The Morgan fingerprint density at radius 2 is 2.06 bits per heavy atom. The zero-order valence-corrected chi connectivity index (χ0v) is 10.8. The highest BCUT2D eigenvalue weighted by Crippen LogP contribution is 2.18. The van der Waals surface area contributed by atoms with E-state index in [1.54, 1.807) is 6.07 Å². The number of hydrogen-bond donors (Lipinski definition) is 2. The fraction of sp³-hybridized carbons (Fsp3) is 0.667. The van der Waals surface area contributed by atoms with Crippen LogP contribution in [0.3, 0.4) is 0 Å². The minimum Gasteiger partial charge on any atom is -0.395 e. The minimum absolute atomic E-state index is 0.112. The van der Waals surface area contributed by atoms with Crippen LogP contribution in [0.15, 0.2) is 6.07 Å². The maximum absolute atomic E-state index is 9.06. The third-order valence-corrected chi connectivity index (χ3v) is 2.45. The molecule has 0 saturated heterocycles. The highest BCUT2D eigenvalue weighted by Gasteiger charge is 2.11. The molecule has 0 unspecified atom stereocenters. The normalized spacial score (nSPS) is 10.9. The lowest BCUT2D eigenvalue weighted by molar-refractivity contribution is 0.301. The molecule has 0 radical (unpaired) electrons. The highest BCUT2D eigenvalue weighted by atomic mass is 16.3. The van der Waals surface area contributed by atoms with E-state index in [-0.39, 0.29) is 12.5 Å². The lowest BCUT2D eigenvalue weighted by atomic mass is 10.2. The largest absolute Gasteiger partial charge is 0.395 e. The fourth-order valence-corrected chi connectivity index (χ4v) is 1.62. The molecule has 5 heteroatoms. The summed E-state index contributed by atoms with van der Waals surface area (Å²) < 4.78 is 0. The number of aromatic nitrogens is 2. The van der Waals surface area contributed by atoms with Crippen LogP contribution in [-0.4, -0.2) is 34.8 Å². The number of anilines is 2. The Balaban J connectivity index is 3.00. The van der Waals surface area contributed by atoms with Gasteiger partial charge in [-0.25, -0.2) is 9.97 Å². The SMILES string of the molecule is CCCN(CCO)c1cc(N)nc(C(C)C)n1. The fourth-order valence-electron chi connectivity index (χ4n) is 1.62. The summed E-state index contributed by atoms with van der Waals surface area (Å²) in [5.41, 5.74) is 5.79. The van der Waals surface area contributed by atoms with Crippen LogP contribution in [0.25, 0.3) is 0 Å². The quantitative estimate of drug-likeness (QED) is 0.783. The molecular formula is C12H22N4O.